The summed E-state index contributed by atoms with van der Waals surface area (Å²) in [6.07, 6.45) is 1.16. The van der Waals surface area contributed by atoms with Crippen molar-refractivity contribution in [2.45, 2.75) is 32.2 Å². The molecule has 1 rings (SSSR count). The Labute approximate surface area is 124 Å². The predicted molar refractivity (Wildman–Crippen MR) is 79.0 cm³/mol. The number of carbonyl (C=O) groups is 2. The topological polar surface area (TPSA) is 102 Å². The average Bonchev–Trinajstić information content (AvgIpc) is 2.45. The van der Waals surface area contributed by atoms with Gasteiger partial charge in [0.05, 0.1) is 5.56 Å². The first-order valence-corrected chi connectivity index (χ1v) is 6.85. The Morgan fingerprint density at radius 3 is 2.62 bits per heavy atom. The first-order chi connectivity index (χ1) is 9.91. The minimum Gasteiger partial charge on any atom is -0.483 e. The number of aliphatic hydroxyl groups is 1. The van der Waals surface area contributed by atoms with Crippen molar-refractivity contribution in [3.63, 3.8) is 0 Å². The summed E-state index contributed by atoms with van der Waals surface area (Å²) < 4.78 is 5.35. The number of para-hydroxylation sites is 1. The summed E-state index contributed by atoms with van der Waals surface area (Å²) in [5.41, 5.74) is 5.00. The van der Waals surface area contributed by atoms with Crippen LogP contribution in [0.3, 0.4) is 0 Å². The number of hydrogen-bond acceptors (Lipinski definition) is 4. The molecule has 2 amide bonds. The van der Waals surface area contributed by atoms with Crippen LogP contribution in [0.25, 0.3) is 0 Å². The van der Waals surface area contributed by atoms with Crippen LogP contribution < -0.4 is 15.8 Å². The van der Waals surface area contributed by atoms with Crippen molar-refractivity contribution in [3.05, 3.63) is 29.8 Å². The third-order valence-electron chi connectivity index (χ3n) is 3.40. The van der Waals surface area contributed by atoms with Crippen molar-refractivity contribution in [3.8, 4) is 5.75 Å². The Kier molecular flexibility index (Phi) is 6.17. The van der Waals surface area contributed by atoms with E-state index < -0.39 is 11.4 Å². The second kappa shape index (κ2) is 7.64. The fourth-order valence-electron chi connectivity index (χ4n) is 1.89. The fraction of sp³-hybridized carbons (Fsp3) is 0.467. The van der Waals surface area contributed by atoms with Gasteiger partial charge < -0.3 is 20.9 Å². The minimum atomic E-state index is -0.607. The van der Waals surface area contributed by atoms with Crippen molar-refractivity contribution in [2.24, 2.45) is 5.73 Å². The molecule has 4 N–H and O–H groups in total. The van der Waals surface area contributed by atoms with Crippen LogP contribution in [0.4, 0.5) is 0 Å². The van der Waals surface area contributed by atoms with Gasteiger partial charge in [0, 0.05) is 12.1 Å². The maximum atomic E-state index is 11.9. The molecule has 116 valence electrons. The predicted octanol–water partition coefficient (Wildman–Crippen LogP) is 0.832. The number of rotatable bonds is 8. The number of nitrogens with one attached hydrogen (secondary N) is 1. The number of aliphatic hydroxyl groups excluding tert-OH is 1. The number of hydrogen-bond donors (Lipinski definition) is 3. The van der Waals surface area contributed by atoms with E-state index in [-0.39, 0.29) is 30.4 Å². The number of carbonyl (C=O) groups excluding carboxylic acids is 2. The highest BCUT2D eigenvalue weighted by Gasteiger charge is 2.23. The molecule has 1 atom stereocenters. The van der Waals surface area contributed by atoms with E-state index in [0.717, 1.165) is 0 Å². The maximum absolute atomic E-state index is 11.9. The number of nitrogens with two attached hydrogens (primary N) is 1. The SMILES string of the molecule is CCC(C)(CCO)NC(=O)COc1ccccc1C(N)=O. The van der Waals surface area contributed by atoms with Crippen LogP contribution in [0.15, 0.2) is 24.3 Å². The Hall–Kier alpha value is -2.08. The summed E-state index contributed by atoms with van der Waals surface area (Å²) in [6.45, 7) is 3.57. The molecule has 0 saturated heterocycles. The van der Waals surface area contributed by atoms with Gasteiger partial charge in [0.2, 0.25) is 0 Å². The highest BCUT2D eigenvalue weighted by atomic mass is 16.5. The largest absolute Gasteiger partial charge is 0.483 e. The second-order valence-corrected chi connectivity index (χ2v) is 5.09. The van der Waals surface area contributed by atoms with Crippen LogP contribution in [0.5, 0.6) is 5.75 Å². The summed E-state index contributed by atoms with van der Waals surface area (Å²) in [5, 5.41) is 11.8. The van der Waals surface area contributed by atoms with Gasteiger partial charge in [-0.05, 0) is 31.9 Å². The lowest BCUT2D eigenvalue weighted by atomic mass is 9.95. The molecule has 0 bridgehead atoms. The summed E-state index contributed by atoms with van der Waals surface area (Å²) in [4.78, 5) is 23.2. The maximum Gasteiger partial charge on any atom is 0.258 e. The van der Waals surface area contributed by atoms with E-state index >= 15 is 0 Å². The zero-order chi connectivity index (χ0) is 15.9. The molecule has 0 saturated carbocycles. The summed E-state index contributed by atoms with van der Waals surface area (Å²) in [7, 11) is 0. The fourth-order valence-corrected chi connectivity index (χ4v) is 1.89. The van der Waals surface area contributed by atoms with Crippen LogP contribution in [0.2, 0.25) is 0 Å². The lowest BCUT2D eigenvalue weighted by Crippen LogP contribution is -2.48. The van der Waals surface area contributed by atoms with E-state index in [1.165, 1.54) is 6.07 Å². The second-order valence-electron chi connectivity index (χ2n) is 5.09. The molecule has 0 spiro atoms. The molecule has 21 heavy (non-hydrogen) atoms. The molecular formula is C15H22N2O4. The Morgan fingerprint density at radius 1 is 1.38 bits per heavy atom. The smallest absolute Gasteiger partial charge is 0.258 e. The van der Waals surface area contributed by atoms with Crippen LogP contribution in [-0.2, 0) is 4.79 Å². The normalized spacial score (nSPS) is 13.3. The molecule has 0 heterocycles. The molecule has 1 unspecified atom stereocenters. The number of amides is 2. The number of ether oxygens (including phenoxy) is 1. The third kappa shape index (κ3) is 5.07. The van der Waals surface area contributed by atoms with Crippen molar-refractivity contribution in [1.82, 2.24) is 5.32 Å². The first kappa shape index (κ1) is 17.0. The Bertz CT molecular complexity index is 504. The minimum absolute atomic E-state index is 0.00398. The molecule has 0 aliphatic rings. The lowest BCUT2D eigenvalue weighted by molar-refractivity contribution is -0.125. The van der Waals surface area contributed by atoms with Gasteiger partial charge in [0.15, 0.2) is 6.61 Å². The quantitative estimate of drug-likeness (QED) is 0.661. The van der Waals surface area contributed by atoms with E-state index in [9.17, 15) is 9.59 Å². The van der Waals surface area contributed by atoms with E-state index in [4.69, 9.17) is 15.6 Å². The van der Waals surface area contributed by atoms with Crippen LogP contribution >= 0.6 is 0 Å². The molecule has 6 nitrogen and oxygen atoms in total. The Morgan fingerprint density at radius 2 is 2.05 bits per heavy atom. The summed E-state index contributed by atoms with van der Waals surface area (Å²) in [5.74, 6) is -0.641. The van der Waals surface area contributed by atoms with Gasteiger partial charge in [0.25, 0.3) is 11.8 Å². The Balaban J connectivity index is 2.63. The van der Waals surface area contributed by atoms with Gasteiger partial charge in [-0.3, -0.25) is 9.59 Å². The summed E-state index contributed by atoms with van der Waals surface area (Å²) in [6, 6.07) is 6.49. The third-order valence-corrected chi connectivity index (χ3v) is 3.40. The van der Waals surface area contributed by atoms with Gasteiger partial charge in [-0.1, -0.05) is 19.1 Å². The van der Waals surface area contributed by atoms with Crippen LogP contribution in [-0.4, -0.2) is 35.7 Å². The molecule has 0 aliphatic carbocycles. The lowest BCUT2D eigenvalue weighted by Gasteiger charge is -2.29. The standard InChI is InChI=1S/C15H22N2O4/c1-3-15(2,8-9-18)17-13(19)10-21-12-7-5-4-6-11(12)14(16)20/h4-7,18H,3,8-10H2,1-2H3,(H2,16,20)(H,17,19). The van der Waals surface area contributed by atoms with Gasteiger partial charge in [-0.25, -0.2) is 0 Å². The van der Waals surface area contributed by atoms with Gasteiger partial charge in [-0.2, -0.15) is 0 Å². The highest BCUT2D eigenvalue weighted by molar-refractivity contribution is 5.95. The molecule has 0 aliphatic heterocycles. The molecule has 0 fully saturated rings. The molecule has 0 radical (unpaired) electrons. The number of benzene rings is 1. The molecular weight excluding hydrogens is 272 g/mol. The number of primary amides is 1. The molecule has 1 aromatic rings. The van der Waals surface area contributed by atoms with Crippen LogP contribution in [0.1, 0.15) is 37.0 Å². The van der Waals surface area contributed by atoms with Crippen molar-refractivity contribution >= 4 is 11.8 Å². The molecule has 0 aromatic heterocycles. The zero-order valence-corrected chi connectivity index (χ0v) is 12.4. The monoisotopic (exact) mass is 294 g/mol. The highest BCUT2D eigenvalue weighted by Crippen LogP contribution is 2.17. The molecule has 1 aromatic carbocycles. The van der Waals surface area contributed by atoms with Crippen LogP contribution in [0, 0.1) is 0 Å². The summed E-state index contributed by atoms with van der Waals surface area (Å²) >= 11 is 0. The average molecular weight is 294 g/mol. The van der Waals surface area contributed by atoms with E-state index in [1.54, 1.807) is 18.2 Å². The van der Waals surface area contributed by atoms with Gasteiger partial charge >= 0.3 is 0 Å². The van der Waals surface area contributed by atoms with Gasteiger partial charge in [-0.15, -0.1) is 0 Å². The zero-order valence-electron chi connectivity index (χ0n) is 12.4. The van der Waals surface area contributed by atoms with Crippen molar-refractivity contribution in [1.29, 1.82) is 0 Å². The van der Waals surface area contributed by atoms with Crippen molar-refractivity contribution < 1.29 is 19.4 Å². The first-order valence-electron chi connectivity index (χ1n) is 6.85. The van der Waals surface area contributed by atoms with E-state index in [1.807, 2.05) is 13.8 Å². The van der Waals surface area contributed by atoms with Crippen molar-refractivity contribution in [2.75, 3.05) is 13.2 Å². The van der Waals surface area contributed by atoms with E-state index in [0.29, 0.717) is 12.8 Å². The van der Waals surface area contributed by atoms with E-state index in [2.05, 4.69) is 5.32 Å². The molecule has 6 heteroatoms. The van der Waals surface area contributed by atoms with Gasteiger partial charge in [0.1, 0.15) is 5.75 Å².